The van der Waals surface area contributed by atoms with Crippen LogP contribution in [-0.4, -0.2) is 15.2 Å². The molecule has 1 aromatic carbocycles. The van der Waals surface area contributed by atoms with Gasteiger partial charge in [-0.1, -0.05) is 30.3 Å². The van der Waals surface area contributed by atoms with Gasteiger partial charge in [0.2, 0.25) is 0 Å². The summed E-state index contributed by atoms with van der Waals surface area (Å²) in [6.45, 7) is 0. The molecule has 1 aliphatic rings. The van der Waals surface area contributed by atoms with Gasteiger partial charge in [-0.25, -0.2) is 4.39 Å². The Kier molecular flexibility index (Phi) is 3.69. The summed E-state index contributed by atoms with van der Waals surface area (Å²) < 4.78 is 14.2. The average Bonchev–Trinajstić information content (AvgIpc) is 2.60. The van der Waals surface area contributed by atoms with E-state index in [0.29, 0.717) is 11.5 Å². The molecule has 0 aliphatic heterocycles. The van der Waals surface area contributed by atoms with E-state index in [4.69, 9.17) is 0 Å². The number of nitrogens with zero attached hydrogens (tertiary/aromatic N) is 3. The lowest BCUT2D eigenvalue weighted by atomic mass is 9.74. The van der Waals surface area contributed by atoms with E-state index < -0.39 is 5.54 Å². The van der Waals surface area contributed by atoms with Crippen LogP contribution in [0.25, 0.3) is 11.3 Å². The van der Waals surface area contributed by atoms with Gasteiger partial charge in [0.1, 0.15) is 17.3 Å². The number of anilines is 1. The predicted molar refractivity (Wildman–Crippen MR) is 90.8 cm³/mol. The quantitative estimate of drug-likeness (QED) is 0.784. The van der Waals surface area contributed by atoms with Gasteiger partial charge in [0.05, 0.1) is 11.2 Å². The molecule has 5 heteroatoms. The van der Waals surface area contributed by atoms with Gasteiger partial charge in [0.25, 0.3) is 0 Å². The molecule has 4 rings (SSSR count). The van der Waals surface area contributed by atoms with Crippen LogP contribution in [-0.2, 0) is 5.54 Å². The van der Waals surface area contributed by atoms with Crippen LogP contribution in [0, 0.1) is 5.82 Å². The summed E-state index contributed by atoms with van der Waals surface area (Å²) in [5.74, 6) is 0.359. The zero-order valence-electron chi connectivity index (χ0n) is 13.1. The first kappa shape index (κ1) is 14.8. The van der Waals surface area contributed by atoms with E-state index in [2.05, 4.69) is 20.5 Å². The normalized spacial score (nSPS) is 15.5. The van der Waals surface area contributed by atoms with Crippen LogP contribution in [0.1, 0.15) is 25.0 Å². The van der Waals surface area contributed by atoms with Crippen LogP contribution < -0.4 is 5.32 Å². The summed E-state index contributed by atoms with van der Waals surface area (Å²) in [7, 11) is 0. The maximum Gasteiger partial charge on any atom is 0.149 e. The van der Waals surface area contributed by atoms with E-state index in [1.165, 1.54) is 6.07 Å². The number of halogens is 1. The van der Waals surface area contributed by atoms with Crippen LogP contribution in [0.15, 0.2) is 60.8 Å². The van der Waals surface area contributed by atoms with Crippen LogP contribution in [0.3, 0.4) is 0 Å². The van der Waals surface area contributed by atoms with Crippen molar-refractivity contribution in [2.75, 3.05) is 5.32 Å². The lowest BCUT2D eigenvalue weighted by Gasteiger charge is -2.42. The molecule has 1 saturated carbocycles. The summed E-state index contributed by atoms with van der Waals surface area (Å²) in [6, 6.07) is 16.8. The topological polar surface area (TPSA) is 50.7 Å². The molecule has 1 N–H and O–H groups in total. The first-order chi connectivity index (χ1) is 11.8. The monoisotopic (exact) mass is 320 g/mol. The molecule has 0 spiro atoms. The van der Waals surface area contributed by atoms with Crippen LogP contribution in [0.4, 0.5) is 10.2 Å². The number of hydrogen-bond donors (Lipinski definition) is 1. The van der Waals surface area contributed by atoms with E-state index in [-0.39, 0.29) is 5.82 Å². The molecule has 0 radical (unpaired) electrons. The summed E-state index contributed by atoms with van der Waals surface area (Å²) in [4.78, 5) is 4.25. The zero-order valence-corrected chi connectivity index (χ0v) is 13.1. The molecule has 1 fully saturated rings. The number of benzene rings is 1. The molecule has 24 heavy (non-hydrogen) atoms. The fourth-order valence-corrected chi connectivity index (χ4v) is 3.10. The highest BCUT2D eigenvalue weighted by molar-refractivity contribution is 5.59. The standard InChI is InChI=1S/C19H17FN4/c20-15-8-4-13-21-18(15)19(11-5-12-19)22-17-10-9-16(23-24-17)14-6-2-1-3-7-14/h1-4,6-10,13H,5,11-12H2,(H,22,24). The van der Waals surface area contributed by atoms with Crippen LogP contribution in [0.5, 0.6) is 0 Å². The van der Waals surface area contributed by atoms with Crippen molar-refractivity contribution in [3.05, 3.63) is 72.3 Å². The largest absolute Gasteiger partial charge is 0.357 e. The first-order valence-electron chi connectivity index (χ1n) is 8.05. The molecule has 0 amide bonds. The first-order valence-corrected chi connectivity index (χ1v) is 8.05. The van der Waals surface area contributed by atoms with E-state index in [1.54, 1.807) is 12.3 Å². The number of nitrogens with one attached hydrogen (secondary N) is 1. The second kappa shape index (κ2) is 6.00. The Balaban J connectivity index is 1.59. The Morgan fingerprint density at radius 2 is 1.75 bits per heavy atom. The molecule has 2 aromatic heterocycles. The maximum absolute atomic E-state index is 14.2. The van der Waals surface area contributed by atoms with Crippen molar-refractivity contribution in [3.8, 4) is 11.3 Å². The van der Waals surface area contributed by atoms with Crippen LogP contribution >= 0.6 is 0 Å². The lowest BCUT2D eigenvalue weighted by molar-refractivity contribution is 0.265. The number of hydrogen-bond acceptors (Lipinski definition) is 4. The zero-order chi connectivity index (χ0) is 16.4. The number of rotatable bonds is 4. The Morgan fingerprint density at radius 1 is 0.917 bits per heavy atom. The molecule has 3 aromatic rings. The second-order valence-electron chi connectivity index (χ2n) is 6.06. The molecule has 4 nitrogen and oxygen atoms in total. The number of aromatic nitrogens is 3. The Morgan fingerprint density at radius 3 is 2.38 bits per heavy atom. The summed E-state index contributed by atoms with van der Waals surface area (Å²) >= 11 is 0. The van der Waals surface area contributed by atoms with Gasteiger partial charge in [0, 0.05) is 11.8 Å². The van der Waals surface area contributed by atoms with E-state index in [1.807, 2.05) is 42.5 Å². The minimum atomic E-state index is -0.478. The number of pyridine rings is 1. The SMILES string of the molecule is Fc1cccnc1C1(Nc2ccc(-c3ccccc3)nn2)CCC1. The highest BCUT2D eigenvalue weighted by Gasteiger charge is 2.42. The highest BCUT2D eigenvalue weighted by atomic mass is 19.1. The Bertz CT molecular complexity index is 830. The molecule has 0 bridgehead atoms. The maximum atomic E-state index is 14.2. The fraction of sp³-hybridized carbons (Fsp3) is 0.211. The summed E-state index contributed by atoms with van der Waals surface area (Å²) in [6.07, 6.45) is 4.34. The molecular weight excluding hydrogens is 303 g/mol. The van der Waals surface area contributed by atoms with Crippen molar-refractivity contribution >= 4 is 5.82 Å². The van der Waals surface area contributed by atoms with Gasteiger partial charge >= 0.3 is 0 Å². The van der Waals surface area contributed by atoms with Gasteiger partial charge in [0.15, 0.2) is 0 Å². The molecule has 1 aliphatic carbocycles. The van der Waals surface area contributed by atoms with E-state index in [0.717, 1.165) is 30.5 Å². The molecule has 0 atom stereocenters. The third kappa shape index (κ3) is 2.62. The van der Waals surface area contributed by atoms with E-state index >= 15 is 0 Å². The minimum Gasteiger partial charge on any atom is -0.357 e. The smallest absolute Gasteiger partial charge is 0.149 e. The van der Waals surface area contributed by atoms with Crippen molar-refractivity contribution in [1.82, 2.24) is 15.2 Å². The average molecular weight is 320 g/mol. The van der Waals surface area contributed by atoms with Crippen molar-refractivity contribution < 1.29 is 4.39 Å². The minimum absolute atomic E-state index is 0.279. The second-order valence-corrected chi connectivity index (χ2v) is 6.06. The molecule has 0 unspecified atom stereocenters. The molecule has 0 saturated heterocycles. The van der Waals surface area contributed by atoms with Gasteiger partial charge in [-0.3, -0.25) is 4.98 Å². The molecular formula is C19H17FN4. The fourth-order valence-electron chi connectivity index (χ4n) is 3.10. The van der Waals surface area contributed by atoms with Crippen LogP contribution in [0.2, 0.25) is 0 Å². The van der Waals surface area contributed by atoms with E-state index in [9.17, 15) is 4.39 Å². The third-order valence-electron chi connectivity index (χ3n) is 4.52. The van der Waals surface area contributed by atoms with Crippen molar-refractivity contribution in [2.24, 2.45) is 0 Å². The van der Waals surface area contributed by atoms with Gasteiger partial charge in [-0.15, -0.1) is 10.2 Å². The third-order valence-corrected chi connectivity index (χ3v) is 4.52. The van der Waals surface area contributed by atoms with Gasteiger partial charge in [-0.2, -0.15) is 0 Å². The van der Waals surface area contributed by atoms with Crippen molar-refractivity contribution in [3.63, 3.8) is 0 Å². The Hall–Kier alpha value is -2.82. The molecule has 120 valence electrons. The van der Waals surface area contributed by atoms with Crippen molar-refractivity contribution in [1.29, 1.82) is 0 Å². The summed E-state index contributed by atoms with van der Waals surface area (Å²) in [5, 5.41) is 11.9. The molecule has 2 heterocycles. The predicted octanol–water partition coefficient (Wildman–Crippen LogP) is 4.17. The lowest BCUT2D eigenvalue weighted by Crippen LogP contribution is -2.43. The van der Waals surface area contributed by atoms with Gasteiger partial charge in [-0.05, 0) is 43.5 Å². The van der Waals surface area contributed by atoms with Gasteiger partial charge < -0.3 is 5.32 Å². The Labute approximate surface area is 139 Å². The highest BCUT2D eigenvalue weighted by Crippen LogP contribution is 2.43. The van der Waals surface area contributed by atoms with Crippen molar-refractivity contribution in [2.45, 2.75) is 24.8 Å². The summed E-state index contributed by atoms with van der Waals surface area (Å²) in [5.41, 5.74) is 1.82.